The van der Waals surface area contributed by atoms with E-state index in [9.17, 15) is 0 Å². The molecule has 0 spiro atoms. The van der Waals surface area contributed by atoms with E-state index in [0.717, 1.165) is 5.92 Å². The number of hydrogen-bond acceptors (Lipinski definition) is 1. The Bertz CT molecular complexity index is 537. The van der Waals surface area contributed by atoms with Gasteiger partial charge in [0.25, 0.3) is 0 Å². The molecule has 0 fully saturated rings. The molecular formula is C49H101N. The van der Waals surface area contributed by atoms with Crippen molar-refractivity contribution < 1.29 is 0 Å². The van der Waals surface area contributed by atoms with Crippen molar-refractivity contribution in [1.82, 2.24) is 4.90 Å². The second-order valence-electron chi connectivity index (χ2n) is 17.5. The molecule has 0 unspecified atom stereocenters. The first kappa shape index (κ1) is 50.0. The zero-order valence-corrected chi connectivity index (χ0v) is 36.1. The zero-order chi connectivity index (χ0) is 36.3. The summed E-state index contributed by atoms with van der Waals surface area (Å²) in [5.74, 6) is 0.890. The van der Waals surface area contributed by atoms with Crippen molar-refractivity contribution in [2.75, 3.05) is 19.6 Å². The molecule has 0 heterocycles. The average Bonchev–Trinajstić information content (AvgIpc) is 3.11. The van der Waals surface area contributed by atoms with E-state index in [2.05, 4.69) is 32.6 Å². The lowest BCUT2D eigenvalue weighted by molar-refractivity contribution is 0.254. The van der Waals surface area contributed by atoms with Gasteiger partial charge in [-0.15, -0.1) is 0 Å². The number of nitrogens with zero attached hydrogens (tertiary/aromatic N) is 1. The number of unbranched alkanes of at least 4 members (excludes halogenated alkanes) is 37. The Morgan fingerprint density at radius 3 is 0.620 bits per heavy atom. The molecule has 0 radical (unpaired) electrons. The molecule has 0 rings (SSSR count). The van der Waals surface area contributed by atoms with Gasteiger partial charge in [-0.1, -0.05) is 272 Å². The third-order valence-corrected chi connectivity index (χ3v) is 11.7. The van der Waals surface area contributed by atoms with E-state index in [1.54, 1.807) is 0 Å². The molecule has 0 atom stereocenters. The molecule has 0 aromatic rings. The molecule has 0 aliphatic rings. The average molecular weight is 704 g/mol. The Kier molecular flexibility index (Phi) is 45.1. The number of hydrogen-bond donors (Lipinski definition) is 0. The van der Waals surface area contributed by atoms with Crippen molar-refractivity contribution in [3.05, 3.63) is 0 Å². The van der Waals surface area contributed by atoms with Crippen molar-refractivity contribution in [3.8, 4) is 0 Å². The third-order valence-electron chi connectivity index (χ3n) is 11.7. The predicted octanol–water partition coefficient (Wildman–Crippen LogP) is 18.0. The van der Waals surface area contributed by atoms with Gasteiger partial charge in [0.2, 0.25) is 0 Å². The highest BCUT2D eigenvalue weighted by atomic mass is 15.1. The molecule has 0 aromatic heterocycles. The predicted molar refractivity (Wildman–Crippen MR) is 232 cm³/mol. The highest BCUT2D eigenvalue weighted by molar-refractivity contribution is 4.61. The molecule has 0 N–H and O–H groups in total. The molecule has 50 heavy (non-hydrogen) atoms. The van der Waals surface area contributed by atoms with E-state index >= 15 is 0 Å². The molecule has 0 bridgehead atoms. The second kappa shape index (κ2) is 45.1. The maximum atomic E-state index is 2.88. The summed E-state index contributed by atoms with van der Waals surface area (Å²) < 4.78 is 0. The first-order valence-corrected chi connectivity index (χ1v) is 24.4. The quantitative estimate of drug-likeness (QED) is 0.0571. The van der Waals surface area contributed by atoms with Gasteiger partial charge in [0.1, 0.15) is 0 Å². The van der Waals surface area contributed by atoms with E-state index < -0.39 is 0 Å². The van der Waals surface area contributed by atoms with E-state index in [0.29, 0.717) is 0 Å². The summed E-state index contributed by atoms with van der Waals surface area (Å²) in [7, 11) is 0. The van der Waals surface area contributed by atoms with E-state index in [1.807, 2.05) is 0 Å². The first-order chi connectivity index (χ1) is 24.7. The largest absolute Gasteiger partial charge is 0.303 e. The fraction of sp³-hybridized carbons (Fsp3) is 1.00. The van der Waals surface area contributed by atoms with Gasteiger partial charge in [-0.3, -0.25) is 0 Å². The minimum atomic E-state index is 0.890. The molecule has 0 aliphatic carbocycles. The van der Waals surface area contributed by atoms with Crippen LogP contribution in [-0.2, 0) is 0 Å². The van der Waals surface area contributed by atoms with Crippen molar-refractivity contribution in [1.29, 1.82) is 0 Å². The first-order valence-electron chi connectivity index (χ1n) is 24.4. The summed E-state index contributed by atoms with van der Waals surface area (Å²) in [5.41, 5.74) is 0. The Labute approximate surface area is 320 Å². The van der Waals surface area contributed by atoms with Gasteiger partial charge in [0, 0.05) is 0 Å². The number of rotatable bonds is 45. The van der Waals surface area contributed by atoms with Crippen molar-refractivity contribution in [2.24, 2.45) is 5.92 Å². The summed E-state index contributed by atoms with van der Waals surface area (Å²) in [6, 6.07) is 0. The van der Waals surface area contributed by atoms with Crippen LogP contribution in [0.5, 0.6) is 0 Å². The Morgan fingerprint density at radius 1 is 0.240 bits per heavy atom. The van der Waals surface area contributed by atoms with Crippen LogP contribution < -0.4 is 0 Å². The van der Waals surface area contributed by atoms with Crippen LogP contribution in [0.25, 0.3) is 0 Å². The van der Waals surface area contributed by atoms with Crippen molar-refractivity contribution >= 4 is 0 Å². The maximum absolute atomic E-state index is 2.88. The van der Waals surface area contributed by atoms with Crippen molar-refractivity contribution in [2.45, 2.75) is 291 Å². The van der Waals surface area contributed by atoms with Crippen LogP contribution in [0.4, 0.5) is 0 Å². The normalized spacial score (nSPS) is 11.9. The van der Waals surface area contributed by atoms with Crippen LogP contribution in [0, 0.1) is 5.92 Å². The molecule has 1 heteroatoms. The second-order valence-corrected chi connectivity index (χ2v) is 17.5. The lowest BCUT2D eigenvalue weighted by Crippen LogP contribution is -2.27. The zero-order valence-electron chi connectivity index (χ0n) is 36.1. The summed E-state index contributed by atoms with van der Waals surface area (Å²) in [6.45, 7) is 13.5. The highest BCUT2D eigenvalue weighted by Gasteiger charge is 2.06. The molecule has 0 amide bonds. The molecular weight excluding hydrogens is 603 g/mol. The lowest BCUT2D eigenvalue weighted by atomic mass is 10.0. The summed E-state index contributed by atoms with van der Waals surface area (Å²) in [6.07, 6.45) is 60.1. The minimum absolute atomic E-state index is 0.890. The Morgan fingerprint density at radius 2 is 0.420 bits per heavy atom. The molecule has 1 nitrogen and oxygen atoms in total. The summed E-state index contributed by atoms with van der Waals surface area (Å²) >= 11 is 0. The van der Waals surface area contributed by atoms with Gasteiger partial charge < -0.3 is 4.90 Å². The summed E-state index contributed by atoms with van der Waals surface area (Å²) in [4.78, 5) is 2.88. The van der Waals surface area contributed by atoms with Gasteiger partial charge in [-0.2, -0.15) is 0 Å². The smallest absolute Gasteiger partial charge is 0.00187 e. The molecule has 0 saturated carbocycles. The van der Waals surface area contributed by atoms with Gasteiger partial charge in [-0.05, 0) is 44.8 Å². The van der Waals surface area contributed by atoms with E-state index in [4.69, 9.17) is 0 Å². The van der Waals surface area contributed by atoms with Crippen LogP contribution in [0.2, 0.25) is 0 Å². The molecule has 0 aromatic carbocycles. The van der Waals surface area contributed by atoms with Crippen LogP contribution in [0.15, 0.2) is 0 Å². The van der Waals surface area contributed by atoms with Crippen LogP contribution in [-0.4, -0.2) is 24.5 Å². The topological polar surface area (TPSA) is 3.24 Å². The Hall–Kier alpha value is -0.0400. The van der Waals surface area contributed by atoms with Gasteiger partial charge in [-0.25, -0.2) is 0 Å². The van der Waals surface area contributed by atoms with Gasteiger partial charge >= 0.3 is 0 Å². The monoisotopic (exact) mass is 704 g/mol. The Balaban J connectivity index is 3.94. The fourth-order valence-electron chi connectivity index (χ4n) is 8.05. The van der Waals surface area contributed by atoms with Gasteiger partial charge in [0.05, 0.1) is 0 Å². The minimum Gasteiger partial charge on any atom is -0.303 e. The fourth-order valence-corrected chi connectivity index (χ4v) is 8.05. The van der Waals surface area contributed by atoms with Gasteiger partial charge in [0.15, 0.2) is 0 Å². The maximum Gasteiger partial charge on any atom is -0.00187 e. The van der Waals surface area contributed by atoms with E-state index in [-0.39, 0.29) is 0 Å². The lowest BCUT2D eigenvalue weighted by Gasteiger charge is -2.22. The van der Waals surface area contributed by atoms with Crippen molar-refractivity contribution in [3.63, 3.8) is 0 Å². The highest BCUT2D eigenvalue weighted by Crippen LogP contribution is 2.17. The van der Waals surface area contributed by atoms with E-state index in [1.165, 1.54) is 283 Å². The standard InChI is InChI=1S/C49H101N/c1-5-7-9-11-13-15-17-19-22-26-30-34-38-42-46-50(47-43-39-35-31-27-23-20-18-16-14-12-10-8-6-2)48-44-40-36-32-28-24-21-25-29-33-37-41-45-49(3)4/h49H,5-48H2,1-4H3. The summed E-state index contributed by atoms with van der Waals surface area (Å²) in [5, 5.41) is 0. The third kappa shape index (κ3) is 44.1. The molecule has 0 aliphatic heterocycles. The SMILES string of the molecule is CCCCCCCCCCCCCCCCN(CCCCCCCCCCCCCCCC)CCCCCCCCCCCCCCC(C)C. The van der Waals surface area contributed by atoms with Crippen LogP contribution in [0.3, 0.4) is 0 Å². The van der Waals surface area contributed by atoms with Crippen LogP contribution >= 0.6 is 0 Å². The molecule has 302 valence electrons. The molecule has 0 saturated heterocycles. The van der Waals surface area contributed by atoms with Crippen LogP contribution in [0.1, 0.15) is 291 Å².